The van der Waals surface area contributed by atoms with Crippen LogP contribution >= 0.6 is 27.3 Å². The van der Waals surface area contributed by atoms with E-state index >= 15 is 0 Å². The average Bonchev–Trinajstić information content (AvgIpc) is 2.94. The molecule has 0 aliphatic rings. The van der Waals surface area contributed by atoms with Crippen LogP contribution in [-0.2, 0) is 4.79 Å². The Hall–Kier alpha value is -2.52. The molecule has 3 rings (SSSR count). The summed E-state index contributed by atoms with van der Waals surface area (Å²) in [6.07, 6.45) is 0. The predicted molar refractivity (Wildman–Crippen MR) is 94.5 cm³/mol. The van der Waals surface area contributed by atoms with Gasteiger partial charge in [-0.1, -0.05) is 27.3 Å². The number of benzene rings is 2. The van der Waals surface area contributed by atoms with E-state index in [4.69, 9.17) is 4.74 Å². The van der Waals surface area contributed by atoms with Gasteiger partial charge in [0.15, 0.2) is 11.7 Å². The smallest absolute Gasteiger partial charge is 0.269 e. The van der Waals surface area contributed by atoms with E-state index in [-0.39, 0.29) is 18.2 Å². The van der Waals surface area contributed by atoms with Crippen LogP contribution in [0.5, 0.6) is 5.75 Å². The first-order valence-electron chi connectivity index (χ1n) is 6.74. The number of carbonyl (C=O) groups is 1. The number of halogens is 1. The largest absolute Gasteiger partial charge is 0.484 e. The number of carbonyl (C=O) groups excluding carboxylic acids is 1. The number of thiazole rings is 1. The standard InChI is InChI=1S/C15H10BrN3O4S/c16-9-1-6-12-13(7-9)24-15(17-12)18-14(20)8-23-11-4-2-10(3-5-11)19(21)22/h1-7H,8H2,(H,17,18,20). The Balaban J connectivity index is 1.59. The van der Waals surface area contributed by atoms with Crippen molar-refractivity contribution in [3.8, 4) is 5.75 Å². The van der Waals surface area contributed by atoms with Crippen molar-refractivity contribution in [2.75, 3.05) is 11.9 Å². The third-order valence-electron chi connectivity index (χ3n) is 3.01. The van der Waals surface area contributed by atoms with Crippen molar-refractivity contribution in [1.29, 1.82) is 0 Å². The molecule has 0 aliphatic heterocycles. The van der Waals surface area contributed by atoms with Gasteiger partial charge in [-0.05, 0) is 30.3 Å². The Morgan fingerprint density at radius 3 is 2.75 bits per heavy atom. The highest BCUT2D eigenvalue weighted by atomic mass is 79.9. The summed E-state index contributed by atoms with van der Waals surface area (Å²) in [5.74, 6) is 0.0236. The van der Waals surface area contributed by atoms with Gasteiger partial charge in [0.05, 0.1) is 15.1 Å². The first kappa shape index (κ1) is 16.3. The van der Waals surface area contributed by atoms with Crippen molar-refractivity contribution in [2.24, 2.45) is 0 Å². The third kappa shape index (κ3) is 3.87. The lowest BCUT2D eigenvalue weighted by Gasteiger charge is -2.05. The van der Waals surface area contributed by atoms with Crippen molar-refractivity contribution >= 4 is 54.2 Å². The molecule has 0 aliphatic carbocycles. The van der Waals surface area contributed by atoms with Gasteiger partial charge in [0, 0.05) is 16.6 Å². The Bertz CT molecular complexity index is 911. The summed E-state index contributed by atoms with van der Waals surface area (Å²) in [6, 6.07) is 11.2. The van der Waals surface area contributed by atoms with E-state index in [1.165, 1.54) is 35.6 Å². The van der Waals surface area contributed by atoms with Crippen molar-refractivity contribution in [2.45, 2.75) is 0 Å². The van der Waals surface area contributed by atoms with Gasteiger partial charge in [0.25, 0.3) is 11.6 Å². The van der Waals surface area contributed by atoms with E-state index in [2.05, 4.69) is 26.2 Å². The molecule has 2 aromatic carbocycles. The molecule has 122 valence electrons. The minimum Gasteiger partial charge on any atom is -0.484 e. The monoisotopic (exact) mass is 407 g/mol. The molecule has 1 amide bonds. The van der Waals surface area contributed by atoms with Gasteiger partial charge in [-0.3, -0.25) is 20.2 Å². The molecule has 0 spiro atoms. The van der Waals surface area contributed by atoms with Crippen molar-refractivity contribution in [3.05, 3.63) is 57.1 Å². The second kappa shape index (κ2) is 6.93. The fraction of sp³-hybridized carbons (Fsp3) is 0.0667. The van der Waals surface area contributed by atoms with E-state index in [1.54, 1.807) is 0 Å². The number of nitro groups is 1. The topological polar surface area (TPSA) is 94.4 Å². The molecule has 1 aromatic heterocycles. The highest BCUT2D eigenvalue weighted by molar-refractivity contribution is 9.10. The van der Waals surface area contributed by atoms with E-state index in [1.807, 2.05) is 18.2 Å². The van der Waals surface area contributed by atoms with Crippen LogP contribution in [0.25, 0.3) is 10.2 Å². The van der Waals surface area contributed by atoms with Crippen LogP contribution in [0.1, 0.15) is 0 Å². The second-order valence-corrected chi connectivity index (χ2v) is 6.67. The number of hydrogen-bond donors (Lipinski definition) is 1. The van der Waals surface area contributed by atoms with Gasteiger partial charge < -0.3 is 4.74 Å². The molecule has 9 heteroatoms. The molecular formula is C15H10BrN3O4S. The van der Waals surface area contributed by atoms with Crippen LogP contribution in [0.15, 0.2) is 46.9 Å². The number of fused-ring (bicyclic) bond motifs is 1. The van der Waals surface area contributed by atoms with E-state index in [0.717, 1.165) is 14.7 Å². The molecular weight excluding hydrogens is 398 g/mol. The maximum absolute atomic E-state index is 11.9. The van der Waals surface area contributed by atoms with Gasteiger partial charge in [-0.2, -0.15) is 0 Å². The number of amides is 1. The maximum Gasteiger partial charge on any atom is 0.269 e. The number of nitro benzene ring substituents is 1. The average molecular weight is 408 g/mol. The van der Waals surface area contributed by atoms with Crippen LogP contribution < -0.4 is 10.1 Å². The molecule has 0 unspecified atom stereocenters. The molecule has 24 heavy (non-hydrogen) atoms. The number of non-ortho nitro benzene ring substituents is 1. The Morgan fingerprint density at radius 1 is 1.29 bits per heavy atom. The second-order valence-electron chi connectivity index (χ2n) is 4.72. The van der Waals surface area contributed by atoms with Crippen molar-refractivity contribution in [1.82, 2.24) is 4.98 Å². The number of ether oxygens (including phenoxy) is 1. The maximum atomic E-state index is 11.9. The minimum atomic E-state index is -0.498. The molecule has 7 nitrogen and oxygen atoms in total. The summed E-state index contributed by atoms with van der Waals surface area (Å²) in [4.78, 5) is 26.3. The molecule has 0 fully saturated rings. The number of anilines is 1. The summed E-state index contributed by atoms with van der Waals surface area (Å²) in [6.45, 7) is -0.211. The number of nitrogens with zero attached hydrogens (tertiary/aromatic N) is 2. The lowest BCUT2D eigenvalue weighted by atomic mass is 10.3. The minimum absolute atomic E-state index is 0.0348. The highest BCUT2D eigenvalue weighted by Gasteiger charge is 2.10. The molecule has 1 N–H and O–H groups in total. The van der Waals surface area contributed by atoms with Crippen LogP contribution in [-0.4, -0.2) is 22.4 Å². The fourth-order valence-electron chi connectivity index (χ4n) is 1.92. The molecule has 0 atom stereocenters. The number of aromatic nitrogens is 1. The van der Waals surface area contributed by atoms with Crippen molar-refractivity contribution < 1.29 is 14.5 Å². The van der Waals surface area contributed by atoms with E-state index in [9.17, 15) is 14.9 Å². The zero-order valence-corrected chi connectivity index (χ0v) is 14.5. The third-order valence-corrected chi connectivity index (χ3v) is 4.44. The lowest BCUT2D eigenvalue weighted by molar-refractivity contribution is -0.384. The first-order chi connectivity index (χ1) is 11.5. The van der Waals surface area contributed by atoms with Gasteiger partial charge >= 0.3 is 0 Å². The Morgan fingerprint density at radius 2 is 2.04 bits per heavy atom. The molecule has 0 radical (unpaired) electrons. The lowest BCUT2D eigenvalue weighted by Crippen LogP contribution is -2.19. The number of rotatable bonds is 5. The summed E-state index contributed by atoms with van der Waals surface area (Å²) >= 11 is 4.75. The first-order valence-corrected chi connectivity index (χ1v) is 8.35. The zero-order valence-electron chi connectivity index (χ0n) is 12.1. The molecule has 1 heterocycles. The molecule has 3 aromatic rings. The zero-order chi connectivity index (χ0) is 17.1. The predicted octanol–water partition coefficient (Wildman–Crippen LogP) is 3.98. The van der Waals surface area contributed by atoms with Crippen LogP contribution in [0.4, 0.5) is 10.8 Å². The van der Waals surface area contributed by atoms with Crippen LogP contribution in [0, 0.1) is 10.1 Å². The van der Waals surface area contributed by atoms with Gasteiger partial charge in [0.2, 0.25) is 0 Å². The summed E-state index contributed by atoms with van der Waals surface area (Å²) < 4.78 is 7.20. The highest BCUT2D eigenvalue weighted by Crippen LogP contribution is 2.28. The molecule has 0 saturated carbocycles. The summed E-state index contributed by atoms with van der Waals surface area (Å²) in [5, 5.41) is 13.7. The number of nitrogens with one attached hydrogen (secondary N) is 1. The normalized spacial score (nSPS) is 10.5. The quantitative estimate of drug-likeness (QED) is 0.509. The van der Waals surface area contributed by atoms with Gasteiger partial charge in [-0.25, -0.2) is 4.98 Å². The summed E-state index contributed by atoms with van der Waals surface area (Å²) in [5.41, 5.74) is 0.766. The van der Waals surface area contributed by atoms with Crippen molar-refractivity contribution in [3.63, 3.8) is 0 Å². The Kier molecular flexibility index (Phi) is 4.72. The van der Waals surface area contributed by atoms with Gasteiger partial charge in [-0.15, -0.1) is 0 Å². The SMILES string of the molecule is O=C(COc1ccc([N+](=O)[O-])cc1)Nc1nc2ccc(Br)cc2s1. The van der Waals surface area contributed by atoms with E-state index < -0.39 is 4.92 Å². The molecule has 0 bridgehead atoms. The fourth-order valence-corrected chi connectivity index (χ4v) is 3.35. The summed E-state index contributed by atoms with van der Waals surface area (Å²) in [7, 11) is 0. The van der Waals surface area contributed by atoms with Gasteiger partial charge in [0.1, 0.15) is 5.75 Å². The molecule has 0 saturated heterocycles. The van der Waals surface area contributed by atoms with Crippen LogP contribution in [0.3, 0.4) is 0 Å². The van der Waals surface area contributed by atoms with E-state index in [0.29, 0.717) is 10.9 Å². The number of hydrogen-bond acceptors (Lipinski definition) is 6. The Labute approximate surface area is 148 Å². The van der Waals surface area contributed by atoms with Crippen LogP contribution in [0.2, 0.25) is 0 Å².